The largest absolute Gasteiger partial charge is 0.385 e. The maximum absolute atomic E-state index is 4.24. The average Bonchev–Trinajstić information content (AvgIpc) is 2.85. The SMILES string of the molecule is C=C(C)NC(Cc1ccccc1)C(=C)NC(C)CC(C)C.CCC.CCC.CCCc1ccccc1CC. The summed E-state index contributed by atoms with van der Waals surface area (Å²) in [5, 5.41) is 6.97. The first-order chi connectivity index (χ1) is 18.1. The molecule has 2 N–H and O–H groups in total. The molecule has 0 fully saturated rings. The smallest absolute Gasteiger partial charge is 0.0690 e. The van der Waals surface area contributed by atoms with Crippen molar-refractivity contribution in [3.8, 4) is 0 Å². The second-order valence-electron chi connectivity index (χ2n) is 10.7. The van der Waals surface area contributed by atoms with Gasteiger partial charge >= 0.3 is 0 Å². The summed E-state index contributed by atoms with van der Waals surface area (Å²) in [5.41, 5.74) is 6.34. The summed E-state index contributed by atoms with van der Waals surface area (Å²) in [7, 11) is 0. The van der Waals surface area contributed by atoms with Crippen LogP contribution in [0.25, 0.3) is 0 Å². The molecule has 38 heavy (non-hydrogen) atoms. The summed E-state index contributed by atoms with van der Waals surface area (Å²) >= 11 is 0. The van der Waals surface area contributed by atoms with Crippen LogP contribution < -0.4 is 10.6 Å². The summed E-state index contributed by atoms with van der Waals surface area (Å²) < 4.78 is 0. The molecule has 2 atom stereocenters. The van der Waals surface area contributed by atoms with Crippen LogP contribution >= 0.6 is 0 Å². The van der Waals surface area contributed by atoms with Crippen LogP contribution in [0.2, 0.25) is 0 Å². The van der Waals surface area contributed by atoms with Crippen LogP contribution in [0.4, 0.5) is 0 Å². The van der Waals surface area contributed by atoms with Crippen LogP contribution in [0.3, 0.4) is 0 Å². The Morgan fingerprint density at radius 2 is 1.24 bits per heavy atom. The van der Waals surface area contributed by atoms with Crippen molar-refractivity contribution in [1.29, 1.82) is 0 Å². The van der Waals surface area contributed by atoms with Crippen LogP contribution in [0.5, 0.6) is 0 Å². The van der Waals surface area contributed by atoms with Crippen molar-refractivity contribution in [1.82, 2.24) is 10.6 Å². The van der Waals surface area contributed by atoms with E-state index in [1.54, 1.807) is 0 Å². The highest BCUT2D eigenvalue weighted by atomic mass is 15.0. The lowest BCUT2D eigenvalue weighted by Gasteiger charge is -2.27. The molecular formula is C36H62N2. The number of benzene rings is 2. The molecule has 0 saturated carbocycles. The lowest BCUT2D eigenvalue weighted by molar-refractivity contribution is 0.450. The first kappa shape index (κ1) is 37.7. The monoisotopic (exact) mass is 522 g/mol. The molecule has 0 aromatic heterocycles. The third-order valence-corrected chi connectivity index (χ3v) is 5.40. The molecule has 2 aromatic carbocycles. The van der Waals surface area contributed by atoms with Crippen LogP contribution in [0, 0.1) is 5.92 Å². The van der Waals surface area contributed by atoms with E-state index in [-0.39, 0.29) is 6.04 Å². The number of aryl methyl sites for hydroxylation is 2. The van der Waals surface area contributed by atoms with Gasteiger partial charge in [-0.1, -0.05) is 142 Å². The van der Waals surface area contributed by atoms with E-state index < -0.39 is 0 Å². The lowest BCUT2D eigenvalue weighted by atomic mass is 10.0. The van der Waals surface area contributed by atoms with E-state index in [0.717, 1.165) is 30.7 Å². The minimum absolute atomic E-state index is 0.166. The Morgan fingerprint density at radius 1 is 0.737 bits per heavy atom. The fraction of sp³-hybridized carbons (Fsp3) is 0.556. The minimum Gasteiger partial charge on any atom is -0.385 e. The van der Waals surface area contributed by atoms with E-state index in [0.29, 0.717) is 12.0 Å². The van der Waals surface area contributed by atoms with E-state index in [1.165, 1.54) is 42.4 Å². The maximum atomic E-state index is 4.24. The summed E-state index contributed by atoms with van der Waals surface area (Å²) in [6.45, 7) is 29.8. The highest BCUT2D eigenvalue weighted by Gasteiger charge is 2.15. The Kier molecular flexibility index (Phi) is 24.6. The fourth-order valence-electron chi connectivity index (χ4n) is 4.01. The number of nitrogens with one attached hydrogen (secondary N) is 2. The first-order valence-electron chi connectivity index (χ1n) is 15.1. The van der Waals surface area contributed by atoms with Crippen LogP contribution in [-0.4, -0.2) is 12.1 Å². The summed E-state index contributed by atoms with van der Waals surface area (Å²) in [6, 6.07) is 19.8. The van der Waals surface area contributed by atoms with E-state index in [9.17, 15) is 0 Å². The molecule has 0 aliphatic rings. The van der Waals surface area contributed by atoms with Gasteiger partial charge in [-0.25, -0.2) is 0 Å². The van der Waals surface area contributed by atoms with Crippen molar-refractivity contribution in [3.63, 3.8) is 0 Å². The molecule has 0 heterocycles. The van der Waals surface area contributed by atoms with Crippen molar-refractivity contribution in [2.45, 2.75) is 126 Å². The van der Waals surface area contributed by atoms with Gasteiger partial charge in [0.25, 0.3) is 0 Å². The Labute approximate surface area is 238 Å². The molecule has 0 spiro atoms. The molecule has 2 unspecified atom stereocenters. The number of allylic oxidation sites excluding steroid dienone is 1. The molecule has 0 radical (unpaired) electrons. The summed E-state index contributed by atoms with van der Waals surface area (Å²) in [5.74, 6) is 0.682. The standard InChI is InChI=1S/C19H30N2.C11H16.2C3H8/c1-14(2)12-16(5)21-17(6)19(20-15(3)4)13-18-10-8-7-9-11-18;1-3-7-11-9-6-5-8-10(11)4-2;2*1-3-2/h7-11,14,16,19-21H,3,6,12-13H2,1-2,4-5H3;5-6,8-9H,3-4,7H2,1-2H3;2*3H2,1-2H3. The molecule has 2 heteroatoms. The maximum Gasteiger partial charge on any atom is 0.0690 e. The molecule has 0 saturated heterocycles. The Hall–Kier alpha value is -2.48. The Bertz CT molecular complexity index is 820. The van der Waals surface area contributed by atoms with E-state index in [4.69, 9.17) is 0 Å². The van der Waals surface area contributed by atoms with Crippen LogP contribution in [0.15, 0.2) is 79.1 Å². The fourth-order valence-corrected chi connectivity index (χ4v) is 4.01. The van der Waals surface area contributed by atoms with Gasteiger partial charge in [0, 0.05) is 17.4 Å². The van der Waals surface area contributed by atoms with Gasteiger partial charge in [0.2, 0.25) is 0 Å². The van der Waals surface area contributed by atoms with Gasteiger partial charge < -0.3 is 10.6 Å². The van der Waals surface area contributed by atoms with Gasteiger partial charge in [-0.2, -0.15) is 0 Å². The normalized spacial score (nSPS) is 11.3. The number of hydrogen-bond acceptors (Lipinski definition) is 2. The van der Waals surface area contributed by atoms with Crippen LogP contribution in [0.1, 0.15) is 112 Å². The van der Waals surface area contributed by atoms with Crippen molar-refractivity contribution in [3.05, 3.63) is 95.8 Å². The molecule has 2 rings (SSSR count). The van der Waals surface area contributed by atoms with E-state index in [2.05, 4.69) is 135 Å². The molecule has 0 amide bonds. The van der Waals surface area contributed by atoms with Crippen molar-refractivity contribution in [2.24, 2.45) is 5.92 Å². The predicted molar refractivity (Wildman–Crippen MR) is 175 cm³/mol. The van der Waals surface area contributed by atoms with Gasteiger partial charge in [0.05, 0.1) is 6.04 Å². The summed E-state index contributed by atoms with van der Waals surface area (Å²) in [6.07, 6.45) is 8.19. The van der Waals surface area contributed by atoms with Crippen molar-refractivity contribution >= 4 is 0 Å². The molecule has 0 bridgehead atoms. The van der Waals surface area contributed by atoms with Crippen molar-refractivity contribution in [2.75, 3.05) is 0 Å². The zero-order valence-corrected chi connectivity index (χ0v) is 26.8. The molecule has 0 aliphatic heterocycles. The summed E-state index contributed by atoms with van der Waals surface area (Å²) in [4.78, 5) is 0. The van der Waals surface area contributed by atoms with Crippen LogP contribution in [-0.2, 0) is 19.3 Å². The van der Waals surface area contributed by atoms with Gasteiger partial charge in [-0.3, -0.25) is 0 Å². The predicted octanol–water partition coefficient (Wildman–Crippen LogP) is 10.3. The average molecular weight is 523 g/mol. The third kappa shape index (κ3) is 20.6. The Balaban J connectivity index is 0. The minimum atomic E-state index is 0.166. The molecular weight excluding hydrogens is 460 g/mol. The highest BCUT2D eigenvalue weighted by Crippen LogP contribution is 2.12. The van der Waals surface area contributed by atoms with E-state index in [1.807, 2.05) is 13.0 Å². The molecule has 2 aromatic rings. The Morgan fingerprint density at radius 3 is 1.68 bits per heavy atom. The van der Waals surface area contributed by atoms with Gasteiger partial charge in [0.15, 0.2) is 0 Å². The number of hydrogen-bond donors (Lipinski definition) is 2. The van der Waals surface area contributed by atoms with Gasteiger partial charge in [0.1, 0.15) is 0 Å². The first-order valence-corrected chi connectivity index (χ1v) is 15.1. The quantitative estimate of drug-likeness (QED) is 0.290. The zero-order chi connectivity index (χ0) is 29.3. The second kappa shape index (κ2) is 24.8. The second-order valence-corrected chi connectivity index (χ2v) is 10.7. The van der Waals surface area contributed by atoms with Crippen molar-refractivity contribution < 1.29 is 0 Å². The number of rotatable bonds is 12. The molecule has 0 aliphatic carbocycles. The molecule has 216 valence electrons. The topological polar surface area (TPSA) is 24.1 Å². The molecule has 2 nitrogen and oxygen atoms in total. The van der Waals surface area contributed by atoms with Gasteiger partial charge in [-0.15, -0.1) is 0 Å². The third-order valence-electron chi connectivity index (χ3n) is 5.40. The van der Waals surface area contributed by atoms with E-state index >= 15 is 0 Å². The lowest BCUT2D eigenvalue weighted by Crippen LogP contribution is -2.40. The zero-order valence-electron chi connectivity index (χ0n) is 26.8. The highest BCUT2D eigenvalue weighted by molar-refractivity contribution is 5.27. The van der Waals surface area contributed by atoms with Gasteiger partial charge in [-0.05, 0) is 62.1 Å².